The molecule has 4 heterocycles. The van der Waals surface area contributed by atoms with Crippen LogP contribution in [0.2, 0.25) is 0 Å². The number of hydrogen-bond donors (Lipinski definition) is 2. The maximum atomic E-state index is 15.6. The number of hydrogen-bond acceptors (Lipinski definition) is 7. The second-order valence-electron chi connectivity index (χ2n) is 13.5. The van der Waals surface area contributed by atoms with Crippen molar-refractivity contribution in [2.24, 2.45) is 0 Å². The van der Waals surface area contributed by atoms with Gasteiger partial charge in [-0.1, -0.05) is 44.2 Å². The zero-order chi connectivity index (χ0) is 38.1. The average Bonchev–Trinajstić information content (AvgIpc) is 3.71. The van der Waals surface area contributed by atoms with Crippen LogP contribution in [0, 0.1) is 17.6 Å². The Balaban J connectivity index is 0.985. The highest BCUT2D eigenvalue weighted by Gasteiger charge is 2.26. The quantitative estimate of drug-likeness (QED) is 0.160. The maximum Gasteiger partial charge on any atom is 0.350 e. The first-order valence-electron chi connectivity index (χ1n) is 18.0. The van der Waals surface area contributed by atoms with E-state index in [1.54, 1.807) is 19.2 Å². The molecule has 3 aromatic carbocycles. The van der Waals surface area contributed by atoms with Crippen LogP contribution in [0.3, 0.4) is 0 Å². The molecule has 0 aliphatic carbocycles. The molecule has 6 aromatic rings. The number of pyridine rings is 1. The maximum absolute atomic E-state index is 15.6. The summed E-state index contributed by atoms with van der Waals surface area (Å²) in [5.74, 6) is -3.44. The largest absolute Gasteiger partial charge is 0.391 e. The first-order valence-corrected chi connectivity index (χ1v) is 18.0. The van der Waals surface area contributed by atoms with E-state index in [0.717, 1.165) is 59.4 Å². The van der Waals surface area contributed by atoms with E-state index < -0.39 is 46.4 Å². The summed E-state index contributed by atoms with van der Waals surface area (Å²) in [4.78, 5) is 34.9. The van der Waals surface area contributed by atoms with Crippen molar-refractivity contribution in [3.8, 4) is 27.9 Å². The highest BCUT2D eigenvalue weighted by atomic mass is 19.2. The number of piperazine rings is 1. The van der Waals surface area contributed by atoms with Gasteiger partial charge in [-0.05, 0) is 73.9 Å². The summed E-state index contributed by atoms with van der Waals surface area (Å²) < 4.78 is 47.7. The number of nitrogens with zero attached hydrogens (tertiary/aromatic N) is 7. The van der Waals surface area contributed by atoms with Crippen LogP contribution in [0.4, 0.5) is 24.5 Å². The molecule has 11 nitrogen and oxygen atoms in total. The summed E-state index contributed by atoms with van der Waals surface area (Å²) in [7, 11) is 0. The number of nitrogens with one attached hydrogen (secondary N) is 1. The minimum atomic E-state index is -1.28. The molecule has 0 amide bonds. The van der Waals surface area contributed by atoms with Gasteiger partial charge in [-0.15, -0.1) is 0 Å². The standard InChI is InChI=1S/C40H41F3N8O3/c1-4-34(25(3)52)51-40(54)49(24-45-51)30-16-14-29(15-17-30)48-21-19-47(20-22-48)28-12-9-26(10-13-28)27-11-18-33(44-23-27)35(5-2)50-38(43)36(39(53)46-50)31-7-6-8-32(41)37(31)42/h6-18,23-25,34-35,52H,4-5,19-22H2,1-3H3,(H,46,53)/t25-,34-,35?/m0/s1. The van der Waals surface area contributed by atoms with Gasteiger partial charge in [0.25, 0.3) is 5.56 Å². The molecule has 0 radical (unpaired) electrons. The molecule has 7 rings (SSSR count). The van der Waals surface area contributed by atoms with E-state index in [2.05, 4.69) is 37.1 Å². The number of aromatic amines is 1. The predicted molar refractivity (Wildman–Crippen MR) is 202 cm³/mol. The number of H-pyrrole nitrogens is 1. The lowest BCUT2D eigenvalue weighted by Gasteiger charge is -2.37. The fourth-order valence-corrected chi connectivity index (χ4v) is 7.22. The zero-order valence-electron chi connectivity index (χ0n) is 30.2. The number of aromatic nitrogens is 6. The number of halogens is 3. The summed E-state index contributed by atoms with van der Waals surface area (Å²) in [5, 5.41) is 16.8. The van der Waals surface area contributed by atoms with E-state index in [9.17, 15) is 23.5 Å². The predicted octanol–water partition coefficient (Wildman–Crippen LogP) is 6.33. The Kier molecular flexibility index (Phi) is 10.3. The lowest BCUT2D eigenvalue weighted by Crippen LogP contribution is -2.46. The summed E-state index contributed by atoms with van der Waals surface area (Å²) in [6, 6.07) is 22.0. The van der Waals surface area contributed by atoms with Gasteiger partial charge in [0.05, 0.1) is 29.6 Å². The second kappa shape index (κ2) is 15.2. The van der Waals surface area contributed by atoms with Crippen molar-refractivity contribution in [3.05, 3.63) is 136 Å². The molecule has 1 aliphatic heterocycles. The van der Waals surface area contributed by atoms with E-state index in [4.69, 9.17) is 0 Å². The molecule has 0 spiro atoms. The smallest absolute Gasteiger partial charge is 0.350 e. The molecule has 1 fully saturated rings. The molecule has 1 aliphatic rings. The SMILES string of the molecule is CCC(c1ccc(-c2ccc(N3CCN(c4ccc(-n5cnn([C@@H](CC)[C@H](C)O)c5=O)cc4)CC3)cc2)cn1)n1[nH]c(=O)c(-c2cccc(F)c2F)c1F. The molecule has 3 atom stereocenters. The van der Waals surface area contributed by atoms with Crippen molar-refractivity contribution in [2.75, 3.05) is 36.0 Å². The fourth-order valence-electron chi connectivity index (χ4n) is 7.22. The number of benzene rings is 3. The lowest BCUT2D eigenvalue weighted by atomic mass is 10.0. The van der Waals surface area contributed by atoms with Crippen LogP contribution in [0.1, 0.15) is 51.4 Å². The minimum Gasteiger partial charge on any atom is -0.391 e. The van der Waals surface area contributed by atoms with E-state index in [-0.39, 0.29) is 11.7 Å². The monoisotopic (exact) mass is 738 g/mol. The van der Waals surface area contributed by atoms with Crippen molar-refractivity contribution in [2.45, 2.75) is 51.8 Å². The fraction of sp³-hybridized carbons (Fsp3) is 0.300. The topological polar surface area (TPSA) is 117 Å². The van der Waals surface area contributed by atoms with Crippen LogP contribution in [0.5, 0.6) is 0 Å². The van der Waals surface area contributed by atoms with Crippen LogP contribution in [-0.2, 0) is 0 Å². The van der Waals surface area contributed by atoms with Gasteiger partial charge in [-0.2, -0.15) is 9.49 Å². The molecule has 3 aromatic heterocycles. The van der Waals surface area contributed by atoms with Crippen LogP contribution < -0.4 is 21.0 Å². The minimum absolute atomic E-state index is 0.283. The van der Waals surface area contributed by atoms with Gasteiger partial charge < -0.3 is 14.9 Å². The Morgan fingerprint density at radius 3 is 1.98 bits per heavy atom. The molecule has 2 N–H and O–H groups in total. The highest BCUT2D eigenvalue weighted by molar-refractivity contribution is 5.66. The van der Waals surface area contributed by atoms with Gasteiger partial charge in [-0.3, -0.25) is 14.9 Å². The summed E-state index contributed by atoms with van der Waals surface area (Å²) >= 11 is 0. The van der Waals surface area contributed by atoms with Crippen molar-refractivity contribution in [1.29, 1.82) is 0 Å². The first-order chi connectivity index (χ1) is 26.1. The Labute approximate surface area is 309 Å². The van der Waals surface area contributed by atoms with Crippen molar-refractivity contribution >= 4 is 11.4 Å². The van der Waals surface area contributed by atoms with E-state index in [1.807, 2.05) is 56.3 Å². The van der Waals surface area contributed by atoms with Crippen molar-refractivity contribution in [3.63, 3.8) is 0 Å². The van der Waals surface area contributed by atoms with Crippen LogP contribution in [-0.4, -0.2) is 66.5 Å². The molecule has 0 saturated carbocycles. The van der Waals surface area contributed by atoms with E-state index >= 15 is 4.39 Å². The molecule has 280 valence electrons. The molecule has 0 bridgehead atoms. The Morgan fingerprint density at radius 1 is 0.796 bits per heavy atom. The zero-order valence-corrected chi connectivity index (χ0v) is 30.2. The van der Waals surface area contributed by atoms with Crippen molar-refractivity contribution in [1.82, 2.24) is 29.1 Å². The molecule has 1 unspecified atom stereocenters. The molecular formula is C40H41F3N8O3. The molecule has 14 heteroatoms. The van der Waals surface area contributed by atoms with E-state index in [0.29, 0.717) is 24.2 Å². The normalized spacial score (nSPS) is 15.0. The highest BCUT2D eigenvalue weighted by Crippen LogP contribution is 2.30. The van der Waals surface area contributed by atoms with Crippen LogP contribution in [0.25, 0.3) is 27.9 Å². The Bertz CT molecular complexity index is 2340. The summed E-state index contributed by atoms with van der Waals surface area (Å²) in [6.07, 6.45) is 3.48. The number of rotatable bonds is 11. The summed E-state index contributed by atoms with van der Waals surface area (Å²) in [5.41, 5.74) is 3.05. The van der Waals surface area contributed by atoms with Crippen LogP contribution in [0.15, 0.2) is 101 Å². The molecule has 54 heavy (non-hydrogen) atoms. The van der Waals surface area contributed by atoms with Gasteiger partial charge in [0.15, 0.2) is 11.6 Å². The van der Waals surface area contributed by atoms with Crippen molar-refractivity contribution < 1.29 is 18.3 Å². The van der Waals surface area contributed by atoms with Gasteiger partial charge in [0, 0.05) is 54.9 Å². The first kappa shape index (κ1) is 36.5. The number of anilines is 2. The number of aliphatic hydroxyl groups excluding tert-OH is 1. The third kappa shape index (κ3) is 6.84. The van der Waals surface area contributed by atoms with Gasteiger partial charge >= 0.3 is 5.69 Å². The molecular weight excluding hydrogens is 697 g/mol. The van der Waals surface area contributed by atoms with E-state index in [1.165, 1.54) is 27.7 Å². The van der Waals surface area contributed by atoms with Gasteiger partial charge in [0.2, 0.25) is 5.95 Å². The second-order valence-corrected chi connectivity index (χ2v) is 13.5. The van der Waals surface area contributed by atoms with Crippen LogP contribution >= 0.6 is 0 Å². The number of aliphatic hydroxyl groups is 1. The van der Waals surface area contributed by atoms with Gasteiger partial charge in [0.1, 0.15) is 11.9 Å². The summed E-state index contributed by atoms with van der Waals surface area (Å²) in [6.45, 7) is 8.69. The Hall–Kier alpha value is -5.89. The third-order valence-electron chi connectivity index (χ3n) is 10.2. The average molecular weight is 739 g/mol. The third-order valence-corrected chi connectivity index (χ3v) is 10.2. The van der Waals surface area contributed by atoms with Gasteiger partial charge in [-0.25, -0.2) is 27.5 Å². The lowest BCUT2D eigenvalue weighted by molar-refractivity contribution is 0.118. The molecule has 1 saturated heterocycles. The Morgan fingerprint density at radius 2 is 1.41 bits per heavy atom.